The molecule has 0 saturated carbocycles. The van der Waals surface area contributed by atoms with Crippen LogP contribution in [0.25, 0.3) is 123 Å². The summed E-state index contributed by atoms with van der Waals surface area (Å²) in [5.41, 5.74) is 9.99. The lowest BCUT2D eigenvalue weighted by Gasteiger charge is -2.09. The van der Waals surface area contributed by atoms with Gasteiger partial charge in [-0.25, -0.2) is 24.9 Å². The third-order valence-corrected chi connectivity index (χ3v) is 10.6. The summed E-state index contributed by atoms with van der Waals surface area (Å²) >= 11 is 0. The predicted octanol–water partition coefficient (Wildman–Crippen LogP) is 12.7. The highest BCUT2D eigenvalue weighted by molar-refractivity contribution is 6.11. The molecule has 8 nitrogen and oxygen atoms in total. The number of furan rings is 3. The zero-order valence-electron chi connectivity index (χ0n) is 30.0. The standard InChI is InChI=1S/C49H27N5O3/c1-3-13-28(14-4-1)41-45-42(35-18-8-10-24-39(35)56-45)51-47(50-41)30-25-26-32-34-20-12-22-37(44(34)57-40(32)27-30)49-53-46(29-15-5-2-6-16-29)52-48(54-49)36-21-11-19-33-31-17-7-9-23-38(31)55-43(33)36/h1-27H. The molecule has 12 aromatic rings. The maximum absolute atomic E-state index is 6.77. The van der Waals surface area contributed by atoms with Gasteiger partial charge in [-0.1, -0.05) is 121 Å². The highest BCUT2D eigenvalue weighted by atomic mass is 16.3. The zero-order chi connectivity index (χ0) is 37.5. The van der Waals surface area contributed by atoms with Crippen molar-refractivity contribution < 1.29 is 13.3 Å². The maximum atomic E-state index is 6.77. The second kappa shape index (κ2) is 12.3. The van der Waals surface area contributed by atoms with Crippen molar-refractivity contribution in [1.82, 2.24) is 24.9 Å². The number of hydrogen-bond donors (Lipinski definition) is 0. The first-order chi connectivity index (χ1) is 28.2. The van der Waals surface area contributed by atoms with Crippen LogP contribution in [0.5, 0.6) is 0 Å². The minimum atomic E-state index is 0.491. The van der Waals surface area contributed by atoms with Gasteiger partial charge in [0.2, 0.25) is 0 Å². The van der Waals surface area contributed by atoms with E-state index in [1.807, 2.05) is 140 Å². The van der Waals surface area contributed by atoms with Gasteiger partial charge in [-0.2, -0.15) is 0 Å². The Balaban J connectivity index is 1.04. The second-order valence-corrected chi connectivity index (χ2v) is 14.0. The van der Waals surface area contributed by atoms with E-state index in [0.29, 0.717) is 40.0 Å². The Morgan fingerprint density at radius 2 is 0.807 bits per heavy atom. The Hall–Kier alpha value is -7.97. The molecule has 0 fully saturated rings. The van der Waals surface area contributed by atoms with Crippen LogP contribution in [0, 0.1) is 0 Å². The minimum absolute atomic E-state index is 0.491. The third-order valence-electron chi connectivity index (χ3n) is 10.6. The van der Waals surface area contributed by atoms with Crippen LogP contribution in [0.1, 0.15) is 0 Å². The van der Waals surface area contributed by atoms with Crippen molar-refractivity contribution in [3.05, 3.63) is 164 Å². The number of hydrogen-bond acceptors (Lipinski definition) is 8. The van der Waals surface area contributed by atoms with Crippen LogP contribution < -0.4 is 0 Å². The molecule has 266 valence electrons. The number of benzene rings is 7. The van der Waals surface area contributed by atoms with Crippen LogP contribution in [-0.4, -0.2) is 24.9 Å². The Bertz CT molecular complexity index is 3530. The molecule has 0 amide bonds. The van der Waals surface area contributed by atoms with E-state index in [0.717, 1.165) is 82.7 Å². The normalized spacial score (nSPS) is 11.9. The molecule has 5 aromatic heterocycles. The van der Waals surface area contributed by atoms with Gasteiger partial charge in [0.05, 0.1) is 11.1 Å². The van der Waals surface area contributed by atoms with Crippen molar-refractivity contribution in [2.75, 3.05) is 0 Å². The van der Waals surface area contributed by atoms with E-state index in [1.165, 1.54) is 0 Å². The Labute approximate surface area is 323 Å². The monoisotopic (exact) mass is 733 g/mol. The fourth-order valence-corrected chi connectivity index (χ4v) is 7.88. The molecule has 0 saturated heterocycles. The van der Waals surface area contributed by atoms with E-state index in [2.05, 4.69) is 24.3 Å². The maximum Gasteiger partial charge on any atom is 0.180 e. The van der Waals surface area contributed by atoms with Gasteiger partial charge in [-0.15, -0.1) is 0 Å². The lowest BCUT2D eigenvalue weighted by atomic mass is 10.1. The molecule has 8 heteroatoms. The van der Waals surface area contributed by atoms with Crippen LogP contribution in [-0.2, 0) is 0 Å². The first kappa shape index (κ1) is 31.4. The Morgan fingerprint density at radius 3 is 1.51 bits per heavy atom. The molecular weight excluding hydrogens is 707 g/mol. The number of fused-ring (bicyclic) bond motifs is 9. The van der Waals surface area contributed by atoms with E-state index in [9.17, 15) is 0 Å². The first-order valence-corrected chi connectivity index (χ1v) is 18.7. The van der Waals surface area contributed by atoms with E-state index in [1.54, 1.807) is 0 Å². The summed E-state index contributed by atoms with van der Waals surface area (Å²) in [6, 6.07) is 54.3. The van der Waals surface area contributed by atoms with Crippen LogP contribution in [0.3, 0.4) is 0 Å². The van der Waals surface area contributed by atoms with Crippen LogP contribution >= 0.6 is 0 Å². The van der Waals surface area contributed by atoms with Gasteiger partial charge in [0.1, 0.15) is 39.1 Å². The molecule has 0 radical (unpaired) electrons. The summed E-state index contributed by atoms with van der Waals surface area (Å²) in [5.74, 6) is 2.12. The average Bonchev–Trinajstić information content (AvgIpc) is 3.97. The summed E-state index contributed by atoms with van der Waals surface area (Å²) in [5, 5.41) is 4.88. The summed E-state index contributed by atoms with van der Waals surface area (Å²) in [4.78, 5) is 25.4. The van der Waals surface area contributed by atoms with Crippen LogP contribution in [0.2, 0.25) is 0 Å². The summed E-state index contributed by atoms with van der Waals surface area (Å²) in [7, 11) is 0. The SMILES string of the molecule is c1ccc(-c2nc(-c3cccc4c3oc3ccccc34)nc(-c3cccc4c3oc3cc(-c5nc(-c6ccccc6)c6oc7ccccc7c6n5)ccc34)n2)cc1. The topological polar surface area (TPSA) is 104 Å². The van der Waals surface area contributed by atoms with Gasteiger partial charge in [-0.3, -0.25) is 0 Å². The number of aromatic nitrogens is 5. The van der Waals surface area contributed by atoms with Gasteiger partial charge < -0.3 is 13.3 Å². The lowest BCUT2D eigenvalue weighted by molar-refractivity contribution is 0.667. The Morgan fingerprint density at radius 1 is 0.298 bits per heavy atom. The number of rotatable bonds is 5. The van der Waals surface area contributed by atoms with Gasteiger partial charge in [0.25, 0.3) is 0 Å². The highest BCUT2D eigenvalue weighted by Gasteiger charge is 2.22. The van der Waals surface area contributed by atoms with E-state index in [4.69, 9.17) is 38.2 Å². The number of para-hydroxylation sites is 4. The molecule has 0 N–H and O–H groups in total. The van der Waals surface area contributed by atoms with Crippen LogP contribution in [0.15, 0.2) is 177 Å². The van der Waals surface area contributed by atoms with Crippen molar-refractivity contribution >= 4 is 65.9 Å². The summed E-state index contributed by atoms with van der Waals surface area (Å²) < 4.78 is 19.5. The molecule has 0 spiro atoms. The fraction of sp³-hybridized carbons (Fsp3) is 0. The molecule has 5 heterocycles. The first-order valence-electron chi connectivity index (χ1n) is 18.7. The highest BCUT2D eigenvalue weighted by Crippen LogP contribution is 2.40. The molecule has 0 aliphatic rings. The third kappa shape index (κ3) is 4.97. The van der Waals surface area contributed by atoms with Crippen molar-refractivity contribution in [1.29, 1.82) is 0 Å². The van der Waals surface area contributed by atoms with Crippen LogP contribution in [0.4, 0.5) is 0 Å². The molecule has 12 rings (SSSR count). The predicted molar refractivity (Wildman–Crippen MR) is 224 cm³/mol. The summed E-state index contributed by atoms with van der Waals surface area (Å²) in [6.45, 7) is 0. The minimum Gasteiger partial charge on any atom is -0.455 e. The van der Waals surface area contributed by atoms with Crippen molar-refractivity contribution in [2.45, 2.75) is 0 Å². The molecule has 0 unspecified atom stereocenters. The largest absolute Gasteiger partial charge is 0.455 e. The van der Waals surface area contributed by atoms with Crippen molar-refractivity contribution in [3.63, 3.8) is 0 Å². The van der Waals surface area contributed by atoms with E-state index >= 15 is 0 Å². The van der Waals surface area contributed by atoms with Gasteiger partial charge in [0.15, 0.2) is 28.9 Å². The molecule has 0 aliphatic heterocycles. The van der Waals surface area contributed by atoms with Gasteiger partial charge >= 0.3 is 0 Å². The van der Waals surface area contributed by atoms with Gasteiger partial charge in [0, 0.05) is 43.6 Å². The molecule has 57 heavy (non-hydrogen) atoms. The smallest absolute Gasteiger partial charge is 0.180 e. The lowest BCUT2D eigenvalue weighted by Crippen LogP contribution is -2.00. The van der Waals surface area contributed by atoms with E-state index in [-0.39, 0.29) is 0 Å². The quantitative estimate of drug-likeness (QED) is 0.172. The molecule has 0 atom stereocenters. The summed E-state index contributed by atoms with van der Waals surface area (Å²) in [6.07, 6.45) is 0. The molecule has 7 aromatic carbocycles. The number of nitrogens with zero attached hydrogens (tertiary/aromatic N) is 5. The van der Waals surface area contributed by atoms with E-state index < -0.39 is 0 Å². The zero-order valence-corrected chi connectivity index (χ0v) is 30.0. The Kier molecular flexibility index (Phi) is 6.76. The molecule has 0 bridgehead atoms. The molecular formula is C49H27N5O3. The molecule has 0 aliphatic carbocycles. The second-order valence-electron chi connectivity index (χ2n) is 14.0. The van der Waals surface area contributed by atoms with Crippen molar-refractivity contribution in [3.8, 4) is 56.8 Å². The fourth-order valence-electron chi connectivity index (χ4n) is 7.88. The average molecular weight is 734 g/mol. The van der Waals surface area contributed by atoms with Crippen molar-refractivity contribution in [2.24, 2.45) is 0 Å². The van der Waals surface area contributed by atoms with Gasteiger partial charge in [-0.05, 0) is 42.5 Å².